The summed E-state index contributed by atoms with van der Waals surface area (Å²) in [5, 5.41) is 6.36. The largest absolute Gasteiger partial charge is 0.493 e. The molecule has 3 N–H and O–H groups in total. The van der Waals surface area contributed by atoms with Crippen LogP contribution < -0.4 is 29.6 Å². The maximum atomic E-state index is 12.5. The number of H-pyrrole nitrogens is 1. The van der Waals surface area contributed by atoms with Gasteiger partial charge in [-0.1, -0.05) is 0 Å². The number of hydrogen-bond donors (Lipinski definition) is 3. The molecule has 1 aliphatic heterocycles. The van der Waals surface area contributed by atoms with Gasteiger partial charge in [-0.3, -0.25) is 9.59 Å². The molecular weight excluding hydrogens is 402 g/mol. The number of amides is 2. The molecule has 1 aliphatic rings. The molecule has 1 aromatic heterocycles. The van der Waals surface area contributed by atoms with Crippen molar-refractivity contribution in [3.05, 3.63) is 42.1 Å². The van der Waals surface area contributed by atoms with Crippen molar-refractivity contribution in [2.45, 2.75) is 6.42 Å². The smallest absolute Gasteiger partial charge is 0.267 e. The van der Waals surface area contributed by atoms with Crippen molar-refractivity contribution in [1.82, 2.24) is 10.3 Å². The molecule has 9 nitrogen and oxygen atoms in total. The van der Waals surface area contributed by atoms with Gasteiger partial charge < -0.3 is 34.6 Å². The number of carbonyl (C=O) groups is 2. The Labute approximate surface area is 178 Å². The van der Waals surface area contributed by atoms with Crippen LogP contribution in [-0.4, -0.2) is 50.8 Å². The Kier molecular flexibility index (Phi) is 5.83. The van der Waals surface area contributed by atoms with E-state index in [9.17, 15) is 9.59 Å². The van der Waals surface area contributed by atoms with E-state index in [1.807, 2.05) is 0 Å². The lowest BCUT2D eigenvalue weighted by atomic mass is 10.2. The normalized spacial score (nSPS) is 12.3. The number of ether oxygens (including phenoxy) is 4. The van der Waals surface area contributed by atoms with E-state index in [2.05, 4.69) is 15.6 Å². The topological polar surface area (TPSA) is 111 Å². The van der Waals surface area contributed by atoms with Crippen LogP contribution in [0.5, 0.6) is 23.0 Å². The zero-order chi connectivity index (χ0) is 21.8. The monoisotopic (exact) mass is 425 g/mol. The Bertz CT molecular complexity index is 1080. The van der Waals surface area contributed by atoms with E-state index in [0.29, 0.717) is 47.6 Å². The van der Waals surface area contributed by atoms with Crippen LogP contribution >= 0.6 is 0 Å². The van der Waals surface area contributed by atoms with Gasteiger partial charge in [-0.2, -0.15) is 0 Å². The van der Waals surface area contributed by atoms with Crippen LogP contribution in [0.15, 0.2) is 36.4 Å². The second-order valence-corrected chi connectivity index (χ2v) is 6.89. The SMILES string of the molecule is COc1cc2cc(C(=O)NCCC(=O)Nc3ccc4c(c3)OCCO4)[nH]c2cc1OC. The highest BCUT2D eigenvalue weighted by atomic mass is 16.6. The van der Waals surface area contributed by atoms with E-state index in [1.165, 1.54) is 0 Å². The number of rotatable bonds is 7. The van der Waals surface area contributed by atoms with Crippen LogP contribution in [0.2, 0.25) is 0 Å². The van der Waals surface area contributed by atoms with Crippen LogP contribution in [0, 0.1) is 0 Å². The van der Waals surface area contributed by atoms with Gasteiger partial charge in [-0.05, 0) is 24.3 Å². The molecule has 162 valence electrons. The first-order valence-electron chi connectivity index (χ1n) is 9.80. The Morgan fingerprint density at radius 1 is 1.00 bits per heavy atom. The summed E-state index contributed by atoms with van der Waals surface area (Å²) in [5.74, 6) is 1.88. The first-order chi connectivity index (χ1) is 15.1. The summed E-state index contributed by atoms with van der Waals surface area (Å²) in [5.41, 5.74) is 1.75. The third-order valence-corrected chi connectivity index (χ3v) is 4.83. The predicted molar refractivity (Wildman–Crippen MR) is 114 cm³/mol. The molecular formula is C22H23N3O6. The number of methoxy groups -OCH3 is 2. The molecule has 2 heterocycles. The third kappa shape index (κ3) is 4.50. The summed E-state index contributed by atoms with van der Waals surface area (Å²) in [6.45, 7) is 1.18. The quantitative estimate of drug-likeness (QED) is 0.537. The molecule has 0 atom stereocenters. The van der Waals surface area contributed by atoms with Gasteiger partial charge in [0.2, 0.25) is 5.91 Å². The molecule has 9 heteroatoms. The van der Waals surface area contributed by atoms with Crippen molar-refractivity contribution in [2.75, 3.05) is 39.3 Å². The standard InChI is InChI=1S/C22H23N3O6/c1-28-18-10-13-9-16(25-15(13)12-19(18)29-2)22(27)23-6-5-21(26)24-14-3-4-17-20(11-14)31-8-7-30-17/h3-4,9-12,25H,5-8H2,1-2H3,(H,23,27)(H,24,26). The van der Waals surface area contributed by atoms with Crippen LogP contribution in [0.4, 0.5) is 5.69 Å². The number of anilines is 1. The van der Waals surface area contributed by atoms with Gasteiger partial charge in [0, 0.05) is 41.7 Å². The molecule has 0 fully saturated rings. The minimum atomic E-state index is -0.304. The lowest BCUT2D eigenvalue weighted by molar-refractivity contribution is -0.116. The van der Waals surface area contributed by atoms with Gasteiger partial charge in [-0.25, -0.2) is 0 Å². The molecule has 0 radical (unpaired) electrons. The maximum Gasteiger partial charge on any atom is 0.267 e. The van der Waals surface area contributed by atoms with Gasteiger partial charge in [0.05, 0.1) is 14.2 Å². The van der Waals surface area contributed by atoms with Gasteiger partial charge in [0.25, 0.3) is 5.91 Å². The van der Waals surface area contributed by atoms with Gasteiger partial charge in [0.1, 0.15) is 18.9 Å². The molecule has 0 unspecified atom stereocenters. The lowest BCUT2D eigenvalue weighted by Gasteiger charge is -2.19. The van der Waals surface area contributed by atoms with E-state index < -0.39 is 0 Å². The molecule has 0 aliphatic carbocycles. The molecule has 0 spiro atoms. The van der Waals surface area contributed by atoms with Crippen molar-refractivity contribution in [3.63, 3.8) is 0 Å². The Morgan fingerprint density at radius 3 is 2.52 bits per heavy atom. The maximum absolute atomic E-state index is 12.5. The fraction of sp³-hybridized carbons (Fsp3) is 0.273. The Morgan fingerprint density at radius 2 is 1.74 bits per heavy atom. The number of aromatic nitrogens is 1. The fourth-order valence-corrected chi connectivity index (χ4v) is 3.31. The summed E-state index contributed by atoms with van der Waals surface area (Å²) in [7, 11) is 3.11. The highest BCUT2D eigenvalue weighted by Gasteiger charge is 2.15. The second kappa shape index (κ2) is 8.86. The lowest BCUT2D eigenvalue weighted by Crippen LogP contribution is -2.27. The van der Waals surface area contributed by atoms with Crippen molar-refractivity contribution in [3.8, 4) is 23.0 Å². The van der Waals surface area contributed by atoms with E-state index in [0.717, 1.165) is 10.9 Å². The second-order valence-electron chi connectivity index (χ2n) is 6.89. The zero-order valence-electron chi connectivity index (χ0n) is 17.2. The molecule has 31 heavy (non-hydrogen) atoms. The highest BCUT2D eigenvalue weighted by Crippen LogP contribution is 2.33. The molecule has 3 aromatic rings. The molecule has 2 amide bonds. The van der Waals surface area contributed by atoms with Crippen LogP contribution in [0.3, 0.4) is 0 Å². The predicted octanol–water partition coefficient (Wildman–Crippen LogP) is 2.71. The zero-order valence-corrected chi connectivity index (χ0v) is 17.2. The van der Waals surface area contributed by atoms with Crippen molar-refractivity contribution in [1.29, 1.82) is 0 Å². The van der Waals surface area contributed by atoms with E-state index in [4.69, 9.17) is 18.9 Å². The minimum absolute atomic E-state index is 0.127. The van der Waals surface area contributed by atoms with Gasteiger partial charge >= 0.3 is 0 Å². The number of nitrogens with one attached hydrogen (secondary N) is 3. The Balaban J connectivity index is 1.32. The van der Waals surface area contributed by atoms with Crippen LogP contribution in [0.25, 0.3) is 10.9 Å². The third-order valence-electron chi connectivity index (χ3n) is 4.83. The molecule has 0 saturated carbocycles. The minimum Gasteiger partial charge on any atom is -0.493 e. The van der Waals surface area contributed by atoms with E-state index in [1.54, 1.807) is 50.6 Å². The fourth-order valence-electron chi connectivity index (χ4n) is 3.31. The molecule has 2 aromatic carbocycles. The van der Waals surface area contributed by atoms with Crippen molar-refractivity contribution >= 4 is 28.4 Å². The van der Waals surface area contributed by atoms with Crippen LogP contribution in [0.1, 0.15) is 16.9 Å². The first-order valence-corrected chi connectivity index (χ1v) is 9.80. The van der Waals surface area contributed by atoms with Crippen LogP contribution in [-0.2, 0) is 4.79 Å². The summed E-state index contributed by atoms with van der Waals surface area (Å²) in [4.78, 5) is 27.7. The molecule has 0 bridgehead atoms. The van der Waals surface area contributed by atoms with Crippen molar-refractivity contribution in [2.24, 2.45) is 0 Å². The number of fused-ring (bicyclic) bond motifs is 2. The van der Waals surface area contributed by atoms with E-state index >= 15 is 0 Å². The Hall–Kier alpha value is -3.88. The molecule has 4 rings (SSSR count). The highest BCUT2D eigenvalue weighted by molar-refractivity contribution is 5.99. The van der Waals surface area contributed by atoms with Gasteiger partial charge in [-0.15, -0.1) is 0 Å². The summed E-state index contributed by atoms with van der Waals surface area (Å²) in [6, 6.07) is 10.5. The average molecular weight is 425 g/mol. The van der Waals surface area contributed by atoms with E-state index in [-0.39, 0.29) is 24.8 Å². The summed E-state index contributed by atoms with van der Waals surface area (Å²) >= 11 is 0. The first kappa shape index (κ1) is 20.4. The number of aromatic amines is 1. The average Bonchev–Trinajstić information content (AvgIpc) is 3.21. The summed E-state index contributed by atoms with van der Waals surface area (Å²) in [6.07, 6.45) is 0.127. The number of hydrogen-bond acceptors (Lipinski definition) is 6. The molecule has 0 saturated heterocycles. The van der Waals surface area contributed by atoms with Gasteiger partial charge in [0.15, 0.2) is 23.0 Å². The number of benzene rings is 2. The van der Waals surface area contributed by atoms with Crippen molar-refractivity contribution < 1.29 is 28.5 Å². The number of carbonyl (C=O) groups excluding carboxylic acids is 2. The summed E-state index contributed by atoms with van der Waals surface area (Å²) < 4.78 is 21.5.